The van der Waals surface area contributed by atoms with Crippen LogP contribution in [0.4, 0.5) is 0 Å². The highest BCUT2D eigenvalue weighted by molar-refractivity contribution is 5.80. The summed E-state index contributed by atoms with van der Waals surface area (Å²) in [5.74, 6) is -0.688. The second-order valence-electron chi connectivity index (χ2n) is 5.26. The number of nitrogens with zero attached hydrogens (tertiary/aromatic N) is 2. The van der Waals surface area contributed by atoms with Gasteiger partial charge in [-0.05, 0) is 32.2 Å². The second kappa shape index (κ2) is 6.18. The van der Waals surface area contributed by atoms with Crippen molar-refractivity contribution in [2.45, 2.75) is 44.6 Å². The van der Waals surface area contributed by atoms with E-state index < -0.39 is 12.0 Å². The molecule has 2 aliphatic rings. The molecule has 2 saturated heterocycles. The molecule has 5 nitrogen and oxygen atoms in total. The normalized spacial score (nSPS) is 26.0. The molecule has 2 aliphatic heterocycles. The lowest BCUT2D eigenvalue weighted by molar-refractivity contribution is -0.144. The molecule has 1 atom stereocenters. The number of likely N-dealkylation sites (tertiary alicyclic amines) is 2. The van der Waals surface area contributed by atoms with Crippen molar-refractivity contribution < 1.29 is 14.7 Å². The highest BCUT2D eigenvalue weighted by Gasteiger charge is 2.30. The summed E-state index contributed by atoms with van der Waals surface area (Å²) in [6.45, 7) is 2.68. The average Bonchev–Trinajstić information content (AvgIpc) is 2.77. The van der Waals surface area contributed by atoms with Gasteiger partial charge in [-0.3, -0.25) is 14.5 Å². The number of hydrogen-bond donors (Lipinski definition) is 1. The van der Waals surface area contributed by atoms with Crippen LogP contribution in [0, 0.1) is 0 Å². The van der Waals surface area contributed by atoms with Gasteiger partial charge in [-0.1, -0.05) is 12.8 Å². The topological polar surface area (TPSA) is 60.9 Å². The molecule has 1 amide bonds. The van der Waals surface area contributed by atoms with Crippen LogP contribution in [-0.4, -0.2) is 59.0 Å². The fourth-order valence-corrected chi connectivity index (χ4v) is 2.88. The molecule has 0 radical (unpaired) electrons. The van der Waals surface area contributed by atoms with E-state index in [1.165, 1.54) is 0 Å². The first kappa shape index (κ1) is 13.3. The zero-order valence-corrected chi connectivity index (χ0v) is 10.8. The summed E-state index contributed by atoms with van der Waals surface area (Å²) < 4.78 is 0. The van der Waals surface area contributed by atoms with Gasteiger partial charge >= 0.3 is 5.97 Å². The second-order valence-corrected chi connectivity index (χ2v) is 5.26. The number of carbonyl (C=O) groups is 2. The predicted octanol–water partition coefficient (Wildman–Crippen LogP) is 0.938. The standard InChI is InChI=1S/C13H22N2O3/c16-12(14-7-4-5-8-14)10-15-9-3-1-2-6-11(15)13(17)18/h11H,1-10H2,(H,17,18). The third kappa shape index (κ3) is 3.22. The van der Waals surface area contributed by atoms with Crippen molar-refractivity contribution in [1.82, 2.24) is 9.80 Å². The maximum Gasteiger partial charge on any atom is 0.320 e. The molecule has 0 bridgehead atoms. The van der Waals surface area contributed by atoms with Gasteiger partial charge in [0, 0.05) is 13.1 Å². The Hall–Kier alpha value is -1.10. The quantitative estimate of drug-likeness (QED) is 0.814. The number of aliphatic carboxylic acids is 1. The van der Waals surface area contributed by atoms with Gasteiger partial charge in [-0.25, -0.2) is 0 Å². The Bertz CT molecular complexity index is 313. The number of rotatable bonds is 3. The summed E-state index contributed by atoms with van der Waals surface area (Å²) in [6.07, 6.45) is 5.84. The van der Waals surface area contributed by atoms with E-state index in [0.29, 0.717) is 6.42 Å². The number of amides is 1. The van der Waals surface area contributed by atoms with Gasteiger partial charge in [0.2, 0.25) is 5.91 Å². The molecule has 0 aliphatic carbocycles. The monoisotopic (exact) mass is 254 g/mol. The van der Waals surface area contributed by atoms with Crippen LogP contribution in [0.15, 0.2) is 0 Å². The molecule has 18 heavy (non-hydrogen) atoms. The molecule has 102 valence electrons. The predicted molar refractivity (Wildman–Crippen MR) is 67.3 cm³/mol. The fraction of sp³-hybridized carbons (Fsp3) is 0.846. The maximum atomic E-state index is 12.1. The van der Waals surface area contributed by atoms with Crippen LogP contribution < -0.4 is 0 Å². The molecule has 2 rings (SSSR count). The van der Waals surface area contributed by atoms with E-state index in [0.717, 1.165) is 51.7 Å². The third-order valence-corrected chi connectivity index (χ3v) is 3.95. The van der Waals surface area contributed by atoms with Crippen molar-refractivity contribution in [3.8, 4) is 0 Å². The van der Waals surface area contributed by atoms with Crippen molar-refractivity contribution in [2.24, 2.45) is 0 Å². The molecule has 0 saturated carbocycles. The Labute approximate surface area is 108 Å². The zero-order chi connectivity index (χ0) is 13.0. The van der Waals surface area contributed by atoms with Crippen LogP contribution in [0.5, 0.6) is 0 Å². The molecule has 0 aromatic rings. The summed E-state index contributed by atoms with van der Waals surface area (Å²) in [6, 6.07) is -0.473. The van der Waals surface area contributed by atoms with E-state index >= 15 is 0 Å². The van der Waals surface area contributed by atoms with E-state index in [4.69, 9.17) is 0 Å². The number of hydrogen-bond acceptors (Lipinski definition) is 3. The minimum atomic E-state index is -0.786. The van der Waals surface area contributed by atoms with Gasteiger partial charge < -0.3 is 10.0 Å². The molecule has 1 N–H and O–H groups in total. The van der Waals surface area contributed by atoms with Crippen molar-refractivity contribution in [3.63, 3.8) is 0 Å². The lowest BCUT2D eigenvalue weighted by atomic mass is 10.1. The summed E-state index contributed by atoms with van der Waals surface area (Å²) >= 11 is 0. The summed E-state index contributed by atoms with van der Waals surface area (Å²) in [5.41, 5.74) is 0. The van der Waals surface area contributed by atoms with E-state index in [-0.39, 0.29) is 12.5 Å². The first-order chi connectivity index (χ1) is 8.68. The lowest BCUT2D eigenvalue weighted by Gasteiger charge is -2.28. The maximum absolute atomic E-state index is 12.1. The average molecular weight is 254 g/mol. The zero-order valence-electron chi connectivity index (χ0n) is 10.8. The molecule has 2 fully saturated rings. The molecule has 2 heterocycles. The minimum absolute atomic E-state index is 0.0978. The third-order valence-electron chi connectivity index (χ3n) is 3.95. The van der Waals surface area contributed by atoms with Crippen LogP contribution >= 0.6 is 0 Å². The van der Waals surface area contributed by atoms with E-state index in [1.54, 1.807) is 0 Å². The Balaban J connectivity index is 1.95. The molecule has 0 aromatic carbocycles. The Morgan fingerprint density at radius 1 is 1.00 bits per heavy atom. The van der Waals surface area contributed by atoms with Crippen LogP contribution in [0.2, 0.25) is 0 Å². The van der Waals surface area contributed by atoms with Gasteiger partial charge in [0.1, 0.15) is 6.04 Å². The van der Waals surface area contributed by atoms with Crippen LogP contribution in [-0.2, 0) is 9.59 Å². The van der Waals surface area contributed by atoms with E-state index in [9.17, 15) is 14.7 Å². The van der Waals surface area contributed by atoms with Crippen molar-refractivity contribution in [3.05, 3.63) is 0 Å². The van der Waals surface area contributed by atoms with Crippen LogP contribution in [0.3, 0.4) is 0 Å². The van der Waals surface area contributed by atoms with Gasteiger partial charge in [-0.15, -0.1) is 0 Å². The van der Waals surface area contributed by atoms with E-state index in [2.05, 4.69) is 0 Å². The molecule has 0 spiro atoms. The Morgan fingerprint density at radius 2 is 1.67 bits per heavy atom. The number of carboxylic acids is 1. The minimum Gasteiger partial charge on any atom is -0.480 e. The molecular weight excluding hydrogens is 232 g/mol. The van der Waals surface area contributed by atoms with Crippen molar-refractivity contribution >= 4 is 11.9 Å². The summed E-state index contributed by atoms with van der Waals surface area (Å²) in [7, 11) is 0. The molecule has 1 unspecified atom stereocenters. The largest absolute Gasteiger partial charge is 0.480 e. The smallest absolute Gasteiger partial charge is 0.320 e. The Morgan fingerprint density at radius 3 is 2.33 bits per heavy atom. The van der Waals surface area contributed by atoms with Crippen LogP contribution in [0.25, 0.3) is 0 Å². The van der Waals surface area contributed by atoms with Gasteiger partial charge in [-0.2, -0.15) is 0 Å². The summed E-state index contributed by atoms with van der Waals surface area (Å²) in [4.78, 5) is 27.1. The Kier molecular flexibility index (Phi) is 4.58. The SMILES string of the molecule is O=C(O)C1CCCCCN1CC(=O)N1CCCC1. The molecule has 0 aromatic heterocycles. The van der Waals surface area contributed by atoms with E-state index in [1.807, 2.05) is 9.80 Å². The highest BCUT2D eigenvalue weighted by atomic mass is 16.4. The van der Waals surface area contributed by atoms with Crippen molar-refractivity contribution in [1.29, 1.82) is 0 Å². The van der Waals surface area contributed by atoms with Gasteiger partial charge in [0.15, 0.2) is 0 Å². The molecule has 5 heteroatoms. The number of carboxylic acid groups (broad SMARTS) is 1. The van der Waals surface area contributed by atoms with Gasteiger partial charge in [0.25, 0.3) is 0 Å². The van der Waals surface area contributed by atoms with Gasteiger partial charge in [0.05, 0.1) is 6.54 Å². The van der Waals surface area contributed by atoms with Crippen molar-refractivity contribution in [2.75, 3.05) is 26.2 Å². The van der Waals surface area contributed by atoms with Crippen LogP contribution in [0.1, 0.15) is 38.5 Å². The first-order valence-corrected chi connectivity index (χ1v) is 6.93. The highest BCUT2D eigenvalue weighted by Crippen LogP contribution is 2.18. The molecular formula is C13H22N2O3. The fourth-order valence-electron chi connectivity index (χ4n) is 2.88. The lowest BCUT2D eigenvalue weighted by Crippen LogP contribution is -2.46. The number of carbonyl (C=O) groups excluding carboxylic acids is 1. The first-order valence-electron chi connectivity index (χ1n) is 6.93. The summed E-state index contributed by atoms with van der Waals surface area (Å²) in [5, 5.41) is 9.25.